The van der Waals surface area contributed by atoms with Crippen molar-refractivity contribution in [3.63, 3.8) is 0 Å². The van der Waals surface area contributed by atoms with Crippen LogP contribution in [-0.2, 0) is 9.53 Å². The smallest absolute Gasteiger partial charge is 0.306 e. The topological polar surface area (TPSA) is 49.8 Å². The summed E-state index contributed by atoms with van der Waals surface area (Å²) in [5, 5.41) is 8.84. The second-order valence-corrected chi connectivity index (χ2v) is 4.41. The lowest BCUT2D eigenvalue weighted by molar-refractivity contribution is -0.147. The summed E-state index contributed by atoms with van der Waals surface area (Å²) >= 11 is 0. The third-order valence-electron chi connectivity index (χ3n) is 2.47. The van der Waals surface area contributed by atoms with E-state index in [9.17, 15) is 4.79 Å². The number of ether oxygens (including phenoxy) is 1. The number of carbonyl (C=O) groups is 1. The highest BCUT2D eigenvalue weighted by molar-refractivity contribution is 5.68. The summed E-state index contributed by atoms with van der Waals surface area (Å²) in [6.45, 7) is 5.53. The highest BCUT2D eigenvalue weighted by Crippen LogP contribution is 2.29. The van der Waals surface area contributed by atoms with E-state index < -0.39 is 11.6 Å². The zero-order valence-corrected chi connectivity index (χ0v) is 9.12. The normalized spacial score (nSPS) is 28.6. The predicted molar refractivity (Wildman–Crippen MR) is 53.3 cm³/mol. The molecule has 1 N–H and O–H groups in total. The monoisotopic (exact) mass is 201 g/mol. The van der Waals surface area contributed by atoms with Crippen LogP contribution in [0, 0.1) is 0 Å². The van der Waals surface area contributed by atoms with Crippen molar-refractivity contribution < 1.29 is 14.6 Å². The first-order chi connectivity index (χ1) is 6.43. The van der Waals surface area contributed by atoms with E-state index in [-0.39, 0.29) is 12.5 Å². The van der Waals surface area contributed by atoms with E-state index in [4.69, 9.17) is 9.84 Å². The van der Waals surface area contributed by atoms with Crippen molar-refractivity contribution in [2.75, 3.05) is 20.1 Å². The molecule has 1 heterocycles. The summed E-state index contributed by atoms with van der Waals surface area (Å²) < 4.78 is 5.76. The maximum absolute atomic E-state index is 10.8. The van der Waals surface area contributed by atoms with Crippen LogP contribution in [0.5, 0.6) is 0 Å². The number of hydrogen-bond acceptors (Lipinski definition) is 3. The Kier molecular flexibility index (Phi) is 3.50. The van der Waals surface area contributed by atoms with Gasteiger partial charge in [0.05, 0.1) is 18.1 Å². The van der Waals surface area contributed by atoms with E-state index in [0.717, 1.165) is 19.5 Å². The van der Waals surface area contributed by atoms with E-state index in [1.807, 2.05) is 20.9 Å². The highest BCUT2D eigenvalue weighted by atomic mass is 16.5. The summed E-state index contributed by atoms with van der Waals surface area (Å²) in [6.07, 6.45) is 1.00. The van der Waals surface area contributed by atoms with E-state index in [2.05, 4.69) is 4.90 Å². The number of hydrogen-bond donors (Lipinski definition) is 1. The van der Waals surface area contributed by atoms with Crippen LogP contribution in [0.15, 0.2) is 0 Å². The maximum Gasteiger partial charge on any atom is 0.306 e. The van der Waals surface area contributed by atoms with Gasteiger partial charge < -0.3 is 14.7 Å². The molecule has 1 atom stereocenters. The van der Waals surface area contributed by atoms with Gasteiger partial charge in [0.25, 0.3) is 0 Å². The molecule has 0 aromatic rings. The molecule has 1 aliphatic rings. The largest absolute Gasteiger partial charge is 0.481 e. The molecule has 0 spiro atoms. The molecule has 1 saturated heterocycles. The number of nitrogens with zero attached hydrogens (tertiary/aromatic N) is 1. The minimum Gasteiger partial charge on any atom is -0.481 e. The SMILES string of the molecule is CC(C)OC1(CC(=O)O)CCN(C)C1. The predicted octanol–water partition coefficient (Wildman–Crippen LogP) is 0.960. The average molecular weight is 201 g/mol. The number of likely N-dealkylation sites (N-methyl/N-ethyl adjacent to an activating group) is 1. The van der Waals surface area contributed by atoms with Gasteiger partial charge in [0.2, 0.25) is 0 Å². The van der Waals surface area contributed by atoms with Crippen molar-refractivity contribution in [2.45, 2.75) is 38.4 Å². The molecule has 4 nitrogen and oxygen atoms in total. The molecule has 82 valence electrons. The molecule has 4 heteroatoms. The molecular formula is C10H19NO3. The molecule has 0 aliphatic carbocycles. The van der Waals surface area contributed by atoms with Crippen LogP contribution in [0.25, 0.3) is 0 Å². The van der Waals surface area contributed by atoms with Gasteiger partial charge in [-0.2, -0.15) is 0 Å². The molecule has 1 rings (SSSR count). The Bertz CT molecular complexity index is 217. The van der Waals surface area contributed by atoms with Crippen LogP contribution in [0.3, 0.4) is 0 Å². The van der Waals surface area contributed by atoms with Gasteiger partial charge >= 0.3 is 5.97 Å². The number of aliphatic carboxylic acids is 1. The Morgan fingerprint density at radius 2 is 2.29 bits per heavy atom. The van der Waals surface area contributed by atoms with E-state index >= 15 is 0 Å². The Labute approximate surface area is 84.8 Å². The van der Waals surface area contributed by atoms with Crippen LogP contribution >= 0.6 is 0 Å². The van der Waals surface area contributed by atoms with Gasteiger partial charge in [-0.1, -0.05) is 0 Å². The van der Waals surface area contributed by atoms with Crippen LogP contribution in [0.2, 0.25) is 0 Å². The van der Waals surface area contributed by atoms with Crippen molar-refractivity contribution in [1.29, 1.82) is 0 Å². The first-order valence-corrected chi connectivity index (χ1v) is 5.02. The van der Waals surface area contributed by atoms with E-state index in [1.165, 1.54) is 0 Å². The van der Waals surface area contributed by atoms with Gasteiger partial charge in [-0.3, -0.25) is 4.79 Å². The lowest BCUT2D eigenvalue weighted by atomic mass is 9.98. The van der Waals surface area contributed by atoms with Crippen LogP contribution in [-0.4, -0.2) is 47.8 Å². The summed E-state index contributed by atoms with van der Waals surface area (Å²) in [5.74, 6) is -0.777. The lowest BCUT2D eigenvalue weighted by Gasteiger charge is -2.29. The van der Waals surface area contributed by atoms with Crippen LogP contribution in [0.4, 0.5) is 0 Å². The first-order valence-electron chi connectivity index (χ1n) is 5.02. The summed E-state index contributed by atoms with van der Waals surface area (Å²) in [5.41, 5.74) is -0.464. The second-order valence-electron chi connectivity index (χ2n) is 4.41. The van der Waals surface area contributed by atoms with Crippen molar-refractivity contribution in [3.05, 3.63) is 0 Å². The first kappa shape index (κ1) is 11.5. The van der Waals surface area contributed by atoms with Gasteiger partial charge in [0, 0.05) is 13.1 Å². The van der Waals surface area contributed by atoms with Crippen molar-refractivity contribution in [2.24, 2.45) is 0 Å². The molecule has 0 radical (unpaired) electrons. The molecule has 1 aliphatic heterocycles. The summed E-state index contributed by atoms with van der Waals surface area (Å²) in [4.78, 5) is 12.9. The van der Waals surface area contributed by atoms with Crippen molar-refractivity contribution >= 4 is 5.97 Å². The van der Waals surface area contributed by atoms with Crippen LogP contribution in [0.1, 0.15) is 26.7 Å². The fraction of sp³-hybridized carbons (Fsp3) is 0.900. The molecular weight excluding hydrogens is 182 g/mol. The number of carboxylic acid groups (broad SMARTS) is 1. The number of carboxylic acids is 1. The molecule has 0 saturated carbocycles. The molecule has 1 fully saturated rings. The van der Waals surface area contributed by atoms with Gasteiger partial charge in [-0.25, -0.2) is 0 Å². The van der Waals surface area contributed by atoms with Gasteiger partial charge in [0.15, 0.2) is 0 Å². The minimum absolute atomic E-state index is 0.0841. The quantitative estimate of drug-likeness (QED) is 0.736. The molecule has 14 heavy (non-hydrogen) atoms. The highest BCUT2D eigenvalue weighted by Gasteiger charge is 2.40. The summed E-state index contributed by atoms with van der Waals surface area (Å²) in [6, 6.07) is 0. The van der Waals surface area contributed by atoms with Crippen LogP contribution < -0.4 is 0 Å². The average Bonchev–Trinajstić information content (AvgIpc) is 2.28. The van der Waals surface area contributed by atoms with Crippen molar-refractivity contribution in [1.82, 2.24) is 4.90 Å². The number of rotatable bonds is 4. The molecule has 0 amide bonds. The van der Waals surface area contributed by atoms with Gasteiger partial charge in [0.1, 0.15) is 0 Å². The zero-order valence-electron chi connectivity index (χ0n) is 9.12. The number of likely N-dealkylation sites (tertiary alicyclic amines) is 1. The molecule has 0 aromatic carbocycles. The Morgan fingerprint density at radius 1 is 1.64 bits per heavy atom. The molecule has 0 aromatic heterocycles. The van der Waals surface area contributed by atoms with E-state index in [1.54, 1.807) is 0 Å². The standard InChI is InChI=1S/C10H19NO3/c1-8(2)14-10(6-9(12)13)4-5-11(3)7-10/h8H,4-7H2,1-3H3,(H,12,13). The lowest BCUT2D eigenvalue weighted by Crippen LogP contribution is -2.39. The maximum atomic E-state index is 10.8. The Hall–Kier alpha value is -0.610. The fourth-order valence-electron chi connectivity index (χ4n) is 2.10. The second kappa shape index (κ2) is 4.28. The van der Waals surface area contributed by atoms with Gasteiger partial charge in [-0.05, 0) is 27.3 Å². The third kappa shape index (κ3) is 2.96. The fourth-order valence-corrected chi connectivity index (χ4v) is 2.10. The van der Waals surface area contributed by atoms with E-state index in [0.29, 0.717) is 0 Å². The molecule has 1 unspecified atom stereocenters. The van der Waals surface area contributed by atoms with Gasteiger partial charge in [-0.15, -0.1) is 0 Å². The zero-order chi connectivity index (χ0) is 10.8. The minimum atomic E-state index is -0.777. The third-order valence-corrected chi connectivity index (χ3v) is 2.47. The Morgan fingerprint density at radius 3 is 2.64 bits per heavy atom. The Balaban J connectivity index is 2.64. The molecule has 0 bridgehead atoms. The summed E-state index contributed by atoms with van der Waals surface area (Å²) in [7, 11) is 1.99. The van der Waals surface area contributed by atoms with Crippen molar-refractivity contribution in [3.8, 4) is 0 Å².